The number of nitrogens with one attached hydrogen (secondary N) is 1. The van der Waals surface area contributed by atoms with Crippen molar-refractivity contribution in [2.75, 3.05) is 32.5 Å². The molecule has 2 amide bonds. The van der Waals surface area contributed by atoms with Gasteiger partial charge in [0.15, 0.2) is 0 Å². The van der Waals surface area contributed by atoms with Gasteiger partial charge in [-0.15, -0.1) is 0 Å². The summed E-state index contributed by atoms with van der Waals surface area (Å²) in [7, 11) is 3.80. The second kappa shape index (κ2) is 6.92. The fourth-order valence-corrected chi connectivity index (χ4v) is 2.75. The summed E-state index contributed by atoms with van der Waals surface area (Å²) < 4.78 is 0. The maximum Gasteiger partial charge on any atom is 0.313 e. The van der Waals surface area contributed by atoms with E-state index in [-0.39, 0.29) is 6.04 Å². The fourth-order valence-electron chi connectivity index (χ4n) is 2.75. The summed E-state index contributed by atoms with van der Waals surface area (Å²) in [6.07, 6.45) is 1.82. The zero-order chi connectivity index (χ0) is 16.3. The molecule has 1 aliphatic rings. The number of likely N-dealkylation sites (tertiary alicyclic amines) is 1. The van der Waals surface area contributed by atoms with E-state index in [2.05, 4.69) is 17.3 Å². The summed E-state index contributed by atoms with van der Waals surface area (Å²) in [5, 5.41) is 2.74. The second-order valence-corrected chi connectivity index (χ2v) is 6.22. The van der Waals surface area contributed by atoms with Crippen LogP contribution >= 0.6 is 0 Å². The molecule has 1 saturated heterocycles. The van der Waals surface area contributed by atoms with Crippen molar-refractivity contribution in [2.45, 2.75) is 32.7 Å². The first-order chi connectivity index (χ1) is 10.4. The normalized spacial score (nSPS) is 16.4. The second-order valence-electron chi connectivity index (χ2n) is 6.22. The van der Waals surface area contributed by atoms with Gasteiger partial charge in [0.1, 0.15) is 0 Å². The minimum Gasteiger partial charge on any atom is -0.334 e. The SMILES string of the molecule is Cc1ccc(C)c(NC(=O)C(=O)N(C)C2CCN(C)CC2)c1. The average Bonchev–Trinajstić information content (AvgIpc) is 2.50. The molecule has 22 heavy (non-hydrogen) atoms. The number of aryl methyl sites for hydroxylation is 2. The summed E-state index contributed by atoms with van der Waals surface area (Å²) in [6, 6.07) is 5.96. The molecule has 0 atom stereocenters. The number of hydrogen-bond acceptors (Lipinski definition) is 3. The molecule has 1 N–H and O–H groups in total. The van der Waals surface area contributed by atoms with Crippen LogP contribution in [0.5, 0.6) is 0 Å². The van der Waals surface area contributed by atoms with Crippen LogP contribution in [0.3, 0.4) is 0 Å². The molecule has 1 aromatic carbocycles. The third kappa shape index (κ3) is 3.85. The first-order valence-electron chi connectivity index (χ1n) is 7.72. The summed E-state index contributed by atoms with van der Waals surface area (Å²) in [5.41, 5.74) is 2.71. The van der Waals surface area contributed by atoms with E-state index in [0.29, 0.717) is 5.69 Å². The Labute approximate surface area is 132 Å². The maximum absolute atomic E-state index is 12.3. The van der Waals surface area contributed by atoms with E-state index in [1.54, 1.807) is 11.9 Å². The largest absolute Gasteiger partial charge is 0.334 e. The van der Waals surface area contributed by atoms with Crippen molar-refractivity contribution in [3.63, 3.8) is 0 Å². The summed E-state index contributed by atoms with van der Waals surface area (Å²) in [4.78, 5) is 28.4. The van der Waals surface area contributed by atoms with Crippen LogP contribution in [0.4, 0.5) is 5.69 Å². The molecule has 1 aromatic rings. The number of amides is 2. The van der Waals surface area contributed by atoms with E-state index in [1.807, 2.05) is 32.0 Å². The first kappa shape index (κ1) is 16.5. The number of carbonyl (C=O) groups is 2. The van der Waals surface area contributed by atoms with Gasteiger partial charge < -0.3 is 15.1 Å². The van der Waals surface area contributed by atoms with Crippen molar-refractivity contribution in [1.29, 1.82) is 0 Å². The minimum atomic E-state index is -0.560. The van der Waals surface area contributed by atoms with Gasteiger partial charge in [-0.3, -0.25) is 9.59 Å². The quantitative estimate of drug-likeness (QED) is 0.848. The van der Waals surface area contributed by atoms with Crippen molar-refractivity contribution in [3.8, 4) is 0 Å². The minimum absolute atomic E-state index is 0.146. The number of hydrogen-bond donors (Lipinski definition) is 1. The van der Waals surface area contributed by atoms with E-state index in [9.17, 15) is 9.59 Å². The third-order valence-electron chi connectivity index (χ3n) is 4.39. The van der Waals surface area contributed by atoms with Gasteiger partial charge in [0, 0.05) is 18.8 Å². The Morgan fingerprint density at radius 2 is 1.86 bits per heavy atom. The zero-order valence-electron chi connectivity index (χ0n) is 13.8. The molecule has 0 bridgehead atoms. The van der Waals surface area contributed by atoms with Crippen molar-refractivity contribution in [2.24, 2.45) is 0 Å². The molecule has 5 heteroatoms. The molecule has 0 saturated carbocycles. The molecule has 120 valence electrons. The van der Waals surface area contributed by atoms with E-state index in [1.165, 1.54) is 0 Å². The van der Waals surface area contributed by atoms with Crippen LogP contribution in [-0.2, 0) is 9.59 Å². The van der Waals surface area contributed by atoms with Gasteiger partial charge in [-0.25, -0.2) is 0 Å². The highest BCUT2D eigenvalue weighted by molar-refractivity contribution is 6.39. The Bertz CT molecular complexity index is 563. The number of carbonyl (C=O) groups excluding carboxylic acids is 2. The van der Waals surface area contributed by atoms with Crippen LogP contribution in [0, 0.1) is 13.8 Å². The Morgan fingerprint density at radius 3 is 2.50 bits per heavy atom. The maximum atomic E-state index is 12.3. The molecular formula is C17H25N3O2. The lowest BCUT2D eigenvalue weighted by atomic mass is 10.0. The number of benzene rings is 1. The third-order valence-corrected chi connectivity index (χ3v) is 4.39. The number of nitrogens with zero attached hydrogens (tertiary/aromatic N) is 2. The van der Waals surface area contributed by atoms with Crippen molar-refractivity contribution in [1.82, 2.24) is 9.80 Å². The van der Waals surface area contributed by atoms with Crippen LogP contribution < -0.4 is 5.32 Å². The van der Waals surface area contributed by atoms with Crippen LogP contribution in [0.2, 0.25) is 0 Å². The monoisotopic (exact) mass is 303 g/mol. The average molecular weight is 303 g/mol. The van der Waals surface area contributed by atoms with Crippen LogP contribution in [0.25, 0.3) is 0 Å². The first-order valence-corrected chi connectivity index (χ1v) is 7.72. The predicted molar refractivity (Wildman–Crippen MR) is 87.8 cm³/mol. The molecule has 2 rings (SSSR count). The van der Waals surface area contributed by atoms with Gasteiger partial charge in [-0.05, 0) is 64.0 Å². The van der Waals surface area contributed by atoms with E-state index < -0.39 is 11.8 Å². The van der Waals surface area contributed by atoms with Gasteiger partial charge in [0.2, 0.25) is 0 Å². The van der Waals surface area contributed by atoms with Gasteiger partial charge in [0.05, 0.1) is 0 Å². The van der Waals surface area contributed by atoms with Gasteiger partial charge >= 0.3 is 11.8 Å². The van der Waals surface area contributed by atoms with E-state index >= 15 is 0 Å². The Morgan fingerprint density at radius 1 is 1.23 bits per heavy atom. The molecular weight excluding hydrogens is 278 g/mol. The van der Waals surface area contributed by atoms with E-state index in [4.69, 9.17) is 0 Å². The lowest BCUT2D eigenvalue weighted by molar-refractivity contribution is -0.144. The number of likely N-dealkylation sites (N-methyl/N-ethyl adjacent to an activating group) is 1. The smallest absolute Gasteiger partial charge is 0.313 e. The highest BCUT2D eigenvalue weighted by atomic mass is 16.2. The van der Waals surface area contributed by atoms with Crippen molar-refractivity contribution in [3.05, 3.63) is 29.3 Å². The summed E-state index contributed by atoms with van der Waals surface area (Å²) >= 11 is 0. The van der Waals surface area contributed by atoms with Crippen LogP contribution in [0.1, 0.15) is 24.0 Å². The molecule has 0 spiro atoms. The van der Waals surface area contributed by atoms with Gasteiger partial charge in [-0.2, -0.15) is 0 Å². The Balaban J connectivity index is 1.99. The zero-order valence-corrected chi connectivity index (χ0v) is 13.8. The summed E-state index contributed by atoms with van der Waals surface area (Å²) in [5.74, 6) is -1.02. The molecule has 1 fully saturated rings. The molecule has 0 radical (unpaired) electrons. The van der Waals surface area contributed by atoms with Crippen molar-refractivity contribution < 1.29 is 9.59 Å². The molecule has 5 nitrogen and oxygen atoms in total. The van der Waals surface area contributed by atoms with Crippen molar-refractivity contribution >= 4 is 17.5 Å². The van der Waals surface area contributed by atoms with Gasteiger partial charge in [-0.1, -0.05) is 12.1 Å². The summed E-state index contributed by atoms with van der Waals surface area (Å²) in [6.45, 7) is 5.80. The fraction of sp³-hybridized carbons (Fsp3) is 0.529. The lowest BCUT2D eigenvalue weighted by Crippen LogP contribution is -2.47. The van der Waals surface area contributed by atoms with E-state index in [0.717, 1.165) is 37.1 Å². The highest BCUT2D eigenvalue weighted by Crippen LogP contribution is 2.18. The number of piperidine rings is 1. The highest BCUT2D eigenvalue weighted by Gasteiger charge is 2.28. The molecule has 0 aliphatic carbocycles. The topological polar surface area (TPSA) is 52.7 Å². The molecule has 0 unspecified atom stereocenters. The van der Waals surface area contributed by atoms with Crippen LogP contribution in [0.15, 0.2) is 18.2 Å². The predicted octanol–water partition coefficient (Wildman–Crippen LogP) is 1.79. The van der Waals surface area contributed by atoms with Gasteiger partial charge in [0.25, 0.3) is 0 Å². The van der Waals surface area contributed by atoms with Crippen LogP contribution in [-0.4, -0.2) is 54.8 Å². The molecule has 1 heterocycles. The number of rotatable bonds is 2. The Hall–Kier alpha value is -1.88. The number of anilines is 1. The molecule has 1 aliphatic heterocycles. The standard InChI is InChI=1S/C17H25N3O2/c1-12-5-6-13(2)15(11-12)18-16(21)17(22)20(4)14-7-9-19(3)10-8-14/h5-6,11,14H,7-10H2,1-4H3,(H,18,21). The molecule has 0 aromatic heterocycles. The Kier molecular flexibility index (Phi) is 5.19. The lowest BCUT2D eigenvalue weighted by Gasteiger charge is -2.34.